The van der Waals surface area contributed by atoms with Crippen LogP contribution in [0.2, 0.25) is 0 Å². The second-order valence-corrected chi connectivity index (χ2v) is 2.57. The monoisotopic (exact) mass is 139 g/mol. The molecule has 0 aliphatic carbocycles. The molecule has 2 nitrogen and oxygen atoms in total. The highest BCUT2D eigenvalue weighted by atomic mass is 16.1. The maximum atomic E-state index is 10.8. The zero-order valence-electron chi connectivity index (χ0n) is 6.10. The van der Waals surface area contributed by atoms with Crippen molar-refractivity contribution in [2.75, 3.05) is 0 Å². The van der Waals surface area contributed by atoms with E-state index in [2.05, 4.69) is 5.32 Å². The Morgan fingerprint density at radius 1 is 1.30 bits per heavy atom. The van der Waals surface area contributed by atoms with Crippen LogP contribution in [-0.2, 0) is 4.79 Å². The van der Waals surface area contributed by atoms with Gasteiger partial charge in [-0.05, 0) is 25.5 Å². The predicted molar refractivity (Wildman–Crippen MR) is 40.4 cm³/mol. The summed E-state index contributed by atoms with van der Waals surface area (Å²) in [6.45, 7) is 0. The van der Waals surface area contributed by atoms with Crippen LogP contribution >= 0.6 is 0 Å². The van der Waals surface area contributed by atoms with E-state index in [1.807, 2.05) is 6.08 Å². The summed E-state index contributed by atoms with van der Waals surface area (Å²) in [5.41, 5.74) is 0. The fraction of sp³-hybridized carbons (Fsp3) is 0.625. The van der Waals surface area contributed by atoms with Crippen molar-refractivity contribution >= 4 is 5.91 Å². The molecular formula is C8H13NO. The van der Waals surface area contributed by atoms with E-state index >= 15 is 0 Å². The van der Waals surface area contributed by atoms with Crippen LogP contribution in [0.3, 0.4) is 0 Å². The lowest BCUT2D eigenvalue weighted by Gasteiger charge is -1.95. The Bertz CT molecular complexity index is 140. The largest absolute Gasteiger partial charge is 0.333 e. The molecule has 0 atom stereocenters. The quantitative estimate of drug-likeness (QED) is 0.542. The molecule has 1 amide bonds. The van der Waals surface area contributed by atoms with Crippen molar-refractivity contribution in [1.82, 2.24) is 5.32 Å². The van der Waals surface area contributed by atoms with Crippen LogP contribution in [0.4, 0.5) is 0 Å². The second kappa shape index (κ2) is 4.09. The van der Waals surface area contributed by atoms with Crippen molar-refractivity contribution < 1.29 is 4.79 Å². The Kier molecular flexibility index (Phi) is 3.00. The number of hydrogen-bond donors (Lipinski definition) is 1. The summed E-state index contributed by atoms with van der Waals surface area (Å²) >= 11 is 0. The molecule has 0 spiro atoms. The number of carbonyl (C=O) groups excluding carboxylic acids is 1. The van der Waals surface area contributed by atoms with Crippen LogP contribution in [0, 0.1) is 0 Å². The minimum absolute atomic E-state index is 0.151. The second-order valence-electron chi connectivity index (χ2n) is 2.57. The van der Waals surface area contributed by atoms with Gasteiger partial charge in [0.25, 0.3) is 0 Å². The lowest BCUT2D eigenvalue weighted by molar-refractivity contribution is -0.120. The van der Waals surface area contributed by atoms with Gasteiger partial charge in [-0.2, -0.15) is 0 Å². The fourth-order valence-electron chi connectivity index (χ4n) is 1.03. The van der Waals surface area contributed by atoms with Gasteiger partial charge in [0.1, 0.15) is 0 Å². The Labute approximate surface area is 61.3 Å². The van der Waals surface area contributed by atoms with Crippen molar-refractivity contribution in [3.8, 4) is 0 Å². The van der Waals surface area contributed by atoms with Crippen LogP contribution in [0.25, 0.3) is 0 Å². The van der Waals surface area contributed by atoms with Crippen LogP contribution in [-0.4, -0.2) is 5.91 Å². The topological polar surface area (TPSA) is 29.1 Å². The molecule has 0 bridgehead atoms. The SMILES string of the molecule is O=C1CCCCC/C=C\N1. The minimum Gasteiger partial charge on any atom is -0.333 e. The van der Waals surface area contributed by atoms with Gasteiger partial charge in [-0.3, -0.25) is 4.79 Å². The van der Waals surface area contributed by atoms with Crippen LogP contribution < -0.4 is 5.32 Å². The number of amides is 1. The summed E-state index contributed by atoms with van der Waals surface area (Å²) in [7, 11) is 0. The smallest absolute Gasteiger partial charge is 0.223 e. The normalized spacial score (nSPS) is 23.8. The van der Waals surface area contributed by atoms with E-state index < -0.39 is 0 Å². The standard InChI is InChI=1S/C8H13NO/c10-8-6-4-2-1-3-5-7-9-8/h5,7H,1-4,6H2,(H,9,10)/b7-5-. The van der Waals surface area contributed by atoms with Crippen molar-refractivity contribution in [2.24, 2.45) is 0 Å². The Hall–Kier alpha value is -0.790. The molecule has 0 fully saturated rings. The molecule has 0 radical (unpaired) electrons. The highest BCUT2D eigenvalue weighted by Gasteiger charge is 1.98. The highest BCUT2D eigenvalue weighted by molar-refractivity contribution is 5.76. The van der Waals surface area contributed by atoms with E-state index in [-0.39, 0.29) is 5.91 Å². The highest BCUT2D eigenvalue weighted by Crippen LogP contribution is 2.04. The van der Waals surface area contributed by atoms with Gasteiger partial charge in [-0.1, -0.05) is 12.5 Å². The molecule has 10 heavy (non-hydrogen) atoms. The van der Waals surface area contributed by atoms with Gasteiger partial charge in [-0.15, -0.1) is 0 Å². The Morgan fingerprint density at radius 3 is 3.10 bits per heavy atom. The van der Waals surface area contributed by atoms with Crippen LogP contribution in [0.1, 0.15) is 32.1 Å². The van der Waals surface area contributed by atoms with E-state index in [4.69, 9.17) is 0 Å². The maximum absolute atomic E-state index is 10.8. The zero-order chi connectivity index (χ0) is 7.23. The van der Waals surface area contributed by atoms with Gasteiger partial charge in [0.05, 0.1) is 0 Å². The van der Waals surface area contributed by atoms with E-state index in [1.165, 1.54) is 12.8 Å². The molecule has 0 aromatic heterocycles. The molecule has 0 aromatic rings. The molecule has 1 aliphatic rings. The zero-order valence-corrected chi connectivity index (χ0v) is 6.10. The van der Waals surface area contributed by atoms with E-state index in [1.54, 1.807) is 6.20 Å². The van der Waals surface area contributed by atoms with Gasteiger partial charge in [0, 0.05) is 6.42 Å². The Balaban J connectivity index is 2.33. The summed E-state index contributed by atoms with van der Waals surface area (Å²) in [5, 5.41) is 2.70. The van der Waals surface area contributed by atoms with Gasteiger partial charge in [0.15, 0.2) is 0 Å². The average Bonchev–Trinajstić information content (AvgIpc) is 2.02. The molecule has 2 heteroatoms. The van der Waals surface area contributed by atoms with Crippen molar-refractivity contribution in [2.45, 2.75) is 32.1 Å². The summed E-state index contributed by atoms with van der Waals surface area (Å²) in [4.78, 5) is 10.8. The summed E-state index contributed by atoms with van der Waals surface area (Å²) in [5.74, 6) is 0.151. The fourth-order valence-corrected chi connectivity index (χ4v) is 1.03. The molecule has 0 saturated carbocycles. The Morgan fingerprint density at radius 2 is 2.20 bits per heavy atom. The third-order valence-corrected chi connectivity index (χ3v) is 1.64. The number of rotatable bonds is 0. The molecule has 1 aliphatic heterocycles. The number of carbonyl (C=O) groups is 1. The van der Waals surface area contributed by atoms with Crippen molar-refractivity contribution in [3.63, 3.8) is 0 Å². The first-order valence-corrected chi connectivity index (χ1v) is 3.84. The minimum atomic E-state index is 0.151. The maximum Gasteiger partial charge on any atom is 0.223 e. The third-order valence-electron chi connectivity index (χ3n) is 1.64. The lowest BCUT2D eigenvalue weighted by atomic mass is 10.1. The van der Waals surface area contributed by atoms with Crippen LogP contribution in [0.5, 0.6) is 0 Å². The number of nitrogens with one attached hydrogen (secondary N) is 1. The van der Waals surface area contributed by atoms with Gasteiger partial charge in [0.2, 0.25) is 5.91 Å². The lowest BCUT2D eigenvalue weighted by Crippen LogP contribution is -2.15. The number of allylic oxidation sites excluding steroid dienone is 1. The summed E-state index contributed by atoms with van der Waals surface area (Å²) < 4.78 is 0. The van der Waals surface area contributed by atoms with Crippen molar-refractivity contribution in [1.29, 1.82) is 0 Å². The molecule has 1 rings (SSSR count). The first-order chi connectivity index (χ1) is 4.89. The molecule has 0 saturated heterocycles. The molecule has 0 aromatic carbocycles. The first-order valence-electron chi connectivity index (χ1n) is 3.84. The van der Waals surface area contributed by atoms with Gasteiger partial charge >= 0.3 is 0 Å². The molecule has 1 heterocycles. The summed E-state index contributed by atoms with van der Waals surface area (Å²) in [6, 6.07) is 0. The van der Waals surface area contributed by atoms with Gasteiger partial charge < -0.3 is 5.32 Å². The predicted octanol–water partition coefficient (Wildman–Crippen LogP) is 1.58. The summed E-state index contributed by atoms with van der Waals surface area (Å²) in [6.07, 6.45) is 8.98. The van der Waals surface area contributed by atoms with E-state index in [9.17, 15) is 4.79 Å². The molecule has 1 N–H and O–H groups in total. The van der Waals surface area contributed by atoms with Crippen LogP contribution in [0.15, 0.2) is 12.3 Å². The molecule has 56 valence electrons. The third kappa shape index (κ3) is 2.67. The van der Waals surface area contributed by atoms with E-state index in [0.29, 0.717) is 6.42 Å². The first kappa shape index (κ1) is 7.32. The van der Waals surface area contributed by atoms with E-state index in [0.717, 1.165) is 12.8 Å². The molecular weight excluding hydrogens is 126 g/mol. The van der Waals surface area contributed by atoms with Crippen molar-refractivity contribution in [3.05, 3.63) is 12.3 Å². The van der Waals surface area contributed by atoms with Gasteiger partial charge in [-0.25, -0.2) is 0 Å². The average molecular weight is 139 g/mol. The number of hydrogen-bond acceptors (Lipinski definition) is 1. The molecule has 0 unspecified atom stereocenters.